The number of carbonyl (C=O) groups is 1. The third-order valence-corrected chi connectivity index (χ3v) is 5.68. The molecule has 0 spiro atoms. The third kappa shape index (κ3) is 3.61. The monoisotopic (exact) mass is 377 g/mol. The average molecular weight is 377 g/mol. The van der Waals surface area contributed by atoms with Crippen molar-refractivity contribution < 1.29 is 17.6 Å². The van der Waals surface area contributed by atoms with Crippen molar-refractivity contribution in [2.24, 2.45) is 5.14 Å². The molecule has 1 aliphatic rings. The molecule has 1 aromatic heterocycles. The van der Waals surface area contributed by atoms with E-state index in [1.54, 1.807) is 4.90 Å². The van der Waals surface area contributed by atoms with Crippen LogP contribution < -0.4 is 10.0 Å². The standard InChI is InChI=1S/C18H23N3O4S/c1-12-4-5-13(2)15(10-12)20-6-8-21(9-7-20)18(22)16-11-17(14(3)25-16)26(19,23)24/h4-5,10-11H,6-9H2,1-3H3,(H2,19,23,24). The van der Waals surface area contributed by atoms with Crippen LogP contribution in [0.2, 0.25) is 0 Å². The largest absolute Gasteiger partial charge is 0.455 e. The molecule has 2 N–H and O–H groups in total. The molecule has 26 heavy (non-hydrogen) atoms. The van der Waals surface area contributed by atoms with Crippen LogP contribution in [0.15, 0.2) is 33.6 Å². The molecule has 0 aliphatic carbocycles. The number of amides is 1. The number of carbonyl (C=O) groups excluding carboxylic acids is 1. The SMILES string of the molecule is Cc1ccc(C)c(N2CCN(C(=O)c3cc(S(N)(=O)=O)c(C)o3)CC2)c1. The van der Waals surface area contributed by atoms with E-state index in [9.17, 15) is 13.2 Å². The van der Waals surface area contributed by atoms with E-state index >= 15 is 0 Å². The molecular weight excluding hydrogens is 354 g/mol. The fourth-order valence-corrected chi connectivity index (χ4v) is 3.93. The van der Waals surface area contributed by atoms with E-state index in [4.69, 9.17) is 9.56 Å². The molecule has 1 saturated heterocycles. The van der Waals surface area contributed by atoms with Gasteiger partial charge in [-0.3, -0.25) is 4.79 Å². The minimum Gasteiger partial charge on any atom is -0.455 e. The van der Waals surface area contributed by atoms with E-state index in [-0.39, 0.29) is 22.3 Å². The predicted octanol–water partition coefficient (Wildman–Crippen LogP) is 1.81. The number of aryl methyl sites for hydroxylation is 3. The van der Waals surface area contributed by atoms with Crippen LogP contribution in [-0.2, 0) is 10.0 Å². The van der Waals surface area contributed by atoms with Crippen molar-refractivity contribution in [3.8, 4) is 0 Å². The lowest BCUT2D eigenvalue weighted by atomic mass is 10.1. The quantitative estimate of drug-likeness (QED) is 0.880. The van der Waals surface area contributed by atoms with E-state index in [0.29, 0.717) is 26.2 Å². The number of rotatable bonds is 3. The lowest BCUT2D eigenvalue weighted by Crippen LogP contribution is -2.49. The van der Waals surface area contributed by atoms with Crippen molar-refractivity contribution in [3.05, 3.63) is 46.9 Å². The fraction of sp³-hybridized carbons (Fsp3) is 0.389. The summed E-state index contributed by atoms with van der Waals surface area (Å²) in [5.74, 6) is -0.180. The molecular formula is C18H23N3O4S. The van der Waals surface area contributed by atoms with E-state index in [0.717, 1.165) is 0 Å². The number of primary sulfonamides is 1. The lowest BCUT2D eigenvalue weighted by molar-refractivity contribution is 0.0713. The molecule has 0 unspecified atom stereocenters. The van der Waals surface area contributed by atoms with Gasteiger partial charge in [-0.2, -0.15) is 0 Å². The summed E-state index contributed by atoms with van der Waals surface area (Å²) >= 11 is 0. The summed E-state index contributed by atoms with van der Waals surface area (Å²) in [6, 6.07) is 7.55. The number of nitrogens with two attached hydrogens (primary N) is 1. The van der Waals surface area contributed by atoms with Crippen LogP contribution in [-0.4, -0.2) is 45.4 Å². The first-order valence-corrected chi connectivity index (χ1v) is 9.96. The van der Waals surface area contributed by atoms with Gasteiger partial charge in [-0.1, -0.05) is 12.1 Å². The molecule has 140 valence electrons. The topological polar surface area (TPSA) is 96.9 Å². The zero-order chi connectivity index (χ0) is 19.1. The maximum Gasteiger partial charge on any atom is 0.289 e. The molecule has 3 rings (SSSR count). The zero-order valence-electron chi connectivity index (χ0n) is 15.2. The molecule has 0 bridgehead atoms. The molecule has 1 amide bonds. The Morgan fingerprint density at radius 2 is 1.73 bits per heavy atom. The number of benzene rings is 1. The van der Waals surface area contributed by atoms with Crippen molar-refractivity contribution in [2.45, 2.75) is 25.7 Å². The first-order valence-electron chi connectivity index (χ1n) is 8.41. The summed E-state index contributed by atoms with van der Waals surface area (Å²) in [4.78, 5) is 16.4. The van der Waals surface area contributed by atoms with Crippen molar-refractivity contribution >= 4 is 21.6 Å². The van der Waals surface area contributed by atoms with Gasteiger partial charge in [0.15, 0.2) is 5.76 Å². The summed E-state index contributed by atoms with van der Waals surface area (Å²) < 4.78 is 28.4. The number of sulfonamides is 1. The van der Waals surface area contributed by atoms with Gasteiger partial charge in [-0.15, -0.1) is 0 Å². The van der Waals surface area contributed by atoms with Crippen molar-refractivity contribution in [1.29, 1.82) is 0 Å². The Morgan fingerprint density at radius 3 is 2.31 bits per heavy atom. The molecule has 1 fully saturated rings. The van der Waals surface area contributed by atoms with E-state index in [2.05, 4.69) is 36.9 Å². The number of hydrogen-bond acceptors (Lipinski definition) is 5. The van der Waals surface area contributed by atoms with Gasteiger partial charge < -0.3 is 14.2 Å². The second-order valence-corrected chi connectivity index (χ2v) is 8.18. The highest BCUT2D eigenvalue weighted by Crippen LogP contribution is 2.24. The lowest BCUT2D eigenvalue weighted by Gasteiger charge is -2.36. The average Bonchev–Trinajstić information content (AvgIpc) is 2.99. The number of piperazine rings is 1. The zero-order valence-corrected chi connectivity index (χ0v) is 16.0. The second kappa shape index (κ2) is 6.77. The van der Waals surface area contributed by atoms with Gasteiger partial charge in [0.05, 0.1) is 0 Å². The number of anilines is 1. The first-order chi connectivity index (χ1) is 12.2. The normalized spacial score (nSPS) is 15.4. The molecule has 8 heteroatoms. The first kappa shape index (κ1) is 18.5. The fourth-order valence-electron chi connectivity index (χ4n) is 3.22. The summed E-state index contributed by atoms with van der Waals surface area (Å²) in [6.07, 6.45) is 0. The molecule has 2 aromatic rings. The minimum absolute atomic E-state index is 0.00621. The summed E-state index contributed by atoms with van der Waals surface area (Å²) in [7, 11) is -3.90. The van der Waals surface area contributed by atoms with E-state index in [1.165, 1.54) is 29.8 Å². The van der Waals surface area contributed by atoms with E-state index in [1.807, 2.05) is 0 Å². The van der Waals surface area contributed by atoms with Gasteiger partial charge in [-0.05, 0) is 38.0 Å². The highest BCUT2D eigenvalue weighted by atomic mass is 32.2. The van der Waals surface area contributed by atoms with Gasteiger partial charge in [0.2, 0.25) is 10.0 Å². The summed E-state index contributed by atoms with van der Waals surface area (Å²) in [6.45, 7) is 8.11. The predicted molar refractivity (Wildman–Crippen MR) is 98.9 cm³/mol. The van der Waals surface area contributed by atoms with Crippen LogP contribution in [0.3, 0.4) is 0 Å². The van der Waals surface area contributed by atoms with Gasteiger partial charge in [-0.25, -0.2) is 13.6 Å². The summed E-state index contributed by atoms with van der Waals surface area (Å²) in [5, 5.41) is 5.14. The molecule has 0 atom stereocenters. The number of furan rings is 1. The Kier molecular flexibility index (Phi) is 4.81. The molecule has 0 radical (unpaired) electrons. The van der Waals surface area contributed by atoms with Gasteiger partial charge in [0.1, 0.15) is 10.7 Å². The molecule has 0 saturated carbocycles. The smallest absolute Gasteiger partial charge is 0.289 e. The summed E-state index contributed by atoms with van der Waals surface area (Å²) in [5.41, 5.74) is 3.59. The highest BCUT2D eigenvalue weighted by Gasteiger charge is 2.27. The molecule has 2 heterocycles. The van der Waals surface area contributed by atoms with Gasteiger partial charge >= 0.3 is 0 Å². The Morgan fingerprint density at radius 1 is 1.08 bits per heavy atom. The van der Waals surface area contributed by atoms with Gasteiger partial charge in [0, 0.05) is 37.9 Å². The van der Waals surface area contributed by atoms with Crippen molar-refractivity contribution in [1.82, 2.24) is 4.90 Å². The maximum atomic E-state index is 12.6. The molecule has 1 aliphatic heterocycles. The Bertz CT molecular complexity index is 941. The minimum atomic E-state index is -3.90. The van der Waals surface area contributed by atoms with Crippen LogP contribution in [0, 0.1) is 20.8 Å². The van der Waals surface area contributed by atoms with Crippen LogP contribution in [0.1, 0.15) is 27.4 Å². The van der Waals surface area contributed by atoms with Crippen LogP contribution in [0.4, 0.5) is 5.69 Å². The van der Waals surface area contributed by atoms with E-state index < -0.39 is 10.0 Å². The number of nitrogens with zero attached hydrogens (tertiary/aromatic N) is 2. The van der Waals surface area contributed by atoms with Crippen molar-refractivity contribution in [3.63, 3.8) is 0 Å². The van der Waals surface area contributed by atoms with Crippen LogP contribution in [0.5, 0.6) is 0 Å². The number of hydrogen-bond donors (Lipinski definition) is 1. The Labute approximate surface area is 153 Å². The molecule has 1 aromatic carbocycles. The second-order valence-electron chi connectivity index (χ2n) is 6.65. The van der Waals surface area contributed by atoms with Crippen LogP contribution >= 0.6 is 0 Å². The van der Waals surface area contributed by atoms with Crippen LogP contribution in [0.25, 0.3) is 0 Å². The Balaban J connectivity index is 1.72. The highest BCUT2D eigenvalue weighted by molar-refractivity contribution is 7.89. The third-order valence-electron chi connectivity index (χ3n) is 4.66. The Hall–Kier alpha value is -2.32. The van der Waals surface area contributed by atoms with Gasteiger partial charge in [0.25, 0.3) is 5.91 Å². The maximum absolute atomic E-state index is 12.6. The van der Waals surface area contributed by atoms with Crippen molar-refractivity contribution in [2.75, 3.05) is 31.1 Å². The molecule has 7 nitrogen and oxygen atoms in total.